The number of rotatable bonds is 7. The molecule has 128 valence electrons. The molecule has 1 aliphatic carbocycles. The van der Waals surface area contributed by atoms with Gasteiger partial charge in [0.2, 0.25) is 10.0 Å². The molecule has 3 N–H and O–H groups in total. The lowest BCUT2D eigenvalue weighted by Gasteiger charge is -2.17. The molecule has 0 bridgehead atoms. The molecule has 23 heavy (non-hydrogen) atoms. The van der Waals surface area contributed by atoms with Crippen molar-refractivity contribution in [3.8, 4) is 0 Å². The van der Waals surface area contributed by atoms with Gasteiger partial charge in [0.25, 0.3) is 0 Å². The third kappa shape index (κ3) is 4.68. The predicted octanol–water partition coefficient (Wildman–Crippen LogP) is 2.67. The Morgan fingerprint density at radius 1 is 1.30 bits per heavy atom. The summed E-state index contributed by atoms with van der Waals surface area (Å²) in [5.41, 5.74) is 0.469. The molecule has 0 amide bonds. The molecule has 0 aliphatic heterocycles. The maximum absolute atomic E-state index is 12.2. The summed E-state index contributed by atoms with van der Waals surface area (Å²) < 4.78 is 27.0. The molecule has 0 unspecified atom stereocenters. The van der Waals surface area contributed by atoms with Crippen LogP contribution in [0.5, 0.6) is 0 Å². The molecule has 7 heteroatoms. The Labute approximate surface area is 137 Å². The second-order valence-electron chi connectivity index (χ2n) is 6.38. The van der Waals surface area contributed by atoms with Crippen molar-refractivity contribution in [2.75, 3.05) is 11.9 Å². The van der Waals surface area contributed by atoms with Gasteiger partial charge in [-0.2, -0.15) is 0 Å². The minimum absolute atomic E-state index is 0.00989. The summed E-state index contributed by atoms with van der Waals surface area (Å²) in [6.45, 7) is 4.12. The summed E-state index contributed by atoms with van der Waals surface area (Å²) in [6, 6.07) is 4.48. The van der Waals surface area contributed by atoms with Crippen molar-refractivity contribution in [1.82, 2.24) is 4.72 Å². The van der Waals surface area contributed by atoms with Gasteiger partial charge in [0, 0.05) is 18.3 Å². The smallest absolute Gasteiger partial charge is 0.337 e. The minimum atomic E-state index is -3.70. The highest BCUT2D eigenvalue weighted by atomic mass is 32.2. The highest BCUT2D eigenvalue weighted by Gasteiger charge is 2.21. The highest BCUT2D eigenvalue weighted by Crippen LogP contribution is 2.26. The Morgan fingerprint density at radius 2 is 1.96 bits per heavy atom. The van der Waals surface area contributed by atoms with Crippen LogP contribution in [0.3, 0.4) is 0 Å². The first kappa shape index (κ1) is 17.7. The first-order valence-corrected chi connectivity index (χ1v) is 9.41. The number of carboxylic acid groups (broad SMARTS) is 1. The van der Waals surface area contributed by atoms with E-state index in [0.717, 1.165) is 25.7 Å². The van der Waals surface area contributed by atoms with Crippen LogP contribution in [-0.2, 0) is 10.0 Å². The van der Waals surface area contributed by atoms with Crippen LogP contribution in [0.25, 0.3) is 0 Å². The van der Waals surface area contributed by atoms with E-state index < -0.39 is 16.0 Å². The van der Waals surface area contributed by atoms with E-state index in [1.165, 1.54) is 12.1 Å². The Balaban J connectivity index is 2.26. The van der Waals surface area contributed by atoms with Gasteiger partial charge in [-0.15, -0.1) is 0 Å². The molecule has 1 saturated carbocycles. The van der Waals surface area contributed by atoms with Gasteiger partial charge >= 0.3 is 5.97 Å². The molecule has 1 aromatic carbocycles. The average Bonchev–Trinajstić information content (AvgIpc) is 2.98. The number of carbonyl (C=O) groups is 1. The number of sulfonamides is 1. The van der Waals surface area contributed by atoms with Crippen LogP contribution in [0.4, 0.5) is 5.69 Å². The van der Waals surface area contributed by atoms with E-state index in [2.05, 4.69) is 10.0 Å². The van der Waals surface area contributed by atoms with Crippen molar-refractivity contribution in [2.24, 2.45) is 5.92 Å². The standard InChI is InChI=1S/C16H24N2O4S/c1-11(2)10-17-23(21,22)13-7-8-15(14(9-13)16(19)20)18-12-5-3-4-6-12/h7-9,11-12,17-18H,3-6,10H2,1-2H3,(H,19,20). The lowest BCUT2D eigenvalue weighted by atomic mass is 10.1. The summed E-state index contributed by atoms with van der Waals surface area (Å²) in [5, 5.41) is 12.6. The highest BCUT2D eigenvalue weighted by molar-refractivity contribution is 7.89. The molecule has 0 aromatic heterocycles. The fraction of sp³-hybridized carbons (Fsp3) is 0.562. The van der Waals surface area contributed by atoms with Gasteiger partial charge in [0.1, 0.15) is 0 Å². The Hall–Kier alpha value is -1.60. The van der Waals surface area contributed by atoms with Gasteiger partial charge < -0.3 is 10.4 Å². The van der Waals surface area contributed by atoms with Gasteiger partial charge in [-0.05, 0) is 37.0 Å². The minimum Gasteiger partial charge on any atom is -0.478 e. The molecule has 6 nitrogen and oxygen atoms in total. The number of hydrogen-bond donors (Lipinski definition) is 3. The number of nitrogens with one attached hydrogen (secondary N) is 2. The number of benzene rings is 1. The van der Waals surface area contributed by atoms with Crippen molar-refractivity contribution < 1.29 is 18.3 Å². The molecule has 1 aliphatic rings. The zero-order valence-corrected chi connectivity index (χ0v) is 14.3. The second kappa shape index (κ2) is 7.31. The molecule has 0 atom stereocenters. The van der Waals surface area contributed by atoms with Crippen molar-refractivity contribution in [3.63, 3.8) is 0 Å². The van der Waals surface area contributed by atoms with Gasteiger partial charge in [-0.3, -0.25) is 0 Å². The van der Waals surface area contributed by atoms with E-state index in [9.17, 15) is 18.3 Å². The van der Waals surface area contributed by atoms with Crippen LogP contribution < -0.4 is 10.0 Å². The lowest BCUT2D eigenvalue weighted by molar-refractivity contribution is 0.0697. The summed E-state index contributed by atoms with van der Waals surface area (Å²) >= 11 is 0. The Morgan fingerprint density at radius 3 is 2.52 bits per heavy atom. The Kier molecular flexibility index (Phi) is 5.64. The third-order valence-corrected chi connectivity index (χ3v) is 5.35. The second-order valence-corrected chi connectivity index (χ2v) is 8.15. The fourth-order valence-corrected chi connectivity index (χ4v) is 3.88. The zero-order valence-electron chi connectivity index (χ0n) is 13.5. The molecule has 1 aromatic rings. The quantitative estimate of drug-likeness (QED) is 0.709. The van der Waals surface area contributed by atoms with Crippen LogP contribution in [0.15, 0.2) is 23.1 Å². The van der Waals surface area contributed by atoms with E-state index in [0.29, 0.717) is 12.2 Å². The molecular weight excluding hydrogens is 316 g/mol. The lowest BCUT2D eigenvalue weighted by Crippen LogP contribution is -2.28. The van der Waals surface area contributed by atoms with Gasteiger partial charge in [0.05, 0.1) is 10.5 Å². The normalized spacial score (nSPS) is 16.0. The average molecular weight is 340 g/mol. The number of aromatic carboxylic acids is 1. The van der Waals surface area contributed by atoms with E-state index in [1.54, 1.807) is 6.07 Å². The van der Waals surface area contributed by atoms with E-state index in [-0.39, 0.29) is 22.4 Å². The van der Waals surface area contributed by atoms with Gasteiger partial charge in [0.15, 0.2) is 0 Å². The number of anilines is 1. The first-order valence-electron chi connectivity index (χ1n) is 7.93. The number of carboxylic acids is 1. The fourth-order valence-electron chi connectivity index (χ4n) is 2.64. The molecule has 0 radical (unpaired) electrons. The molecular formula is C16H24N2O4S. The maximum Gasteiger partial charge on any atom is 0.337 e. The largest absolute Gasteiger partial charge is 0.478 e. The van der Waals surface area contributed by atoms with Crippen LogP contribution in [0.2, 0.25) is 0 Å². The topological polar surface area (TPSA) is 95.5 Å². The Bertz CT molecular complexity index is 665. The predicted molar refractivity (Wildman–Crippen MR) is 89.3 cm³/mol. The van der Waals surface area contributed by atoms with Crippen molar-refractivity contribution in [3.05, 3.63) is 23.8 Å². The summed E-state index contributed by atoms with van der Waals surface area (Å²) in [5.74, 6) is -0.960. The number of hydrogen-bond acceptors (Lipinski definition) is 4. The van der Waals surface area contributed by atoms with Crippen LogP contribution in [0.1, 0.15) is 49.9 Å². The van der Waals surface area contributed by atoms with Crippen LogP contribution >= 0.6 is 0 Å². The third-order valence-electron chi connectivity index (χ3n) is 3.93. The first-order chi connectivity index (χ1) is 10.8. The molecule has 0 saturated heterocycles. The maximum atomic E-state index is 12.2. The van der Waals surface area contributed by atoms with Crippen LogP contribution in [0, 0.1) is 5.92 Å². The van der Waals surface area contributed by atoms with E-state index in [1.807, 2.05) is 13.8 Å². The van der Waals surface area contributed by atoms with E-state index in [4.69, 9.17) is 0 Å². The molecule has 1 fully saturated rings. The summed E-state index contributed by atoms with van der Waals surface area (Å²) in [4.78, 5) is 11.5. The van der Waals surface area contributed by atoms with Crippen molar-refractivity contribution in [2.45, 2.75) is 50.5 Å². The SMILES string of the molecule is CC(C)CNS(=O)(=O)c1ccc(NC2CCCC2)c(C(=O)O)c1. The van der Waals surface area contributed by atoms with Crippen molar-refractivity contribution in [1.29, 1.82) is 0 Å². The van der Waals surface area contributed by atoms with E-state index >= 15 is 0 Å². The van der Waals surface area contributed by atoms with Gasteiger partial charge in [-0.1, -0.05) is 26.7 Å². The zero-order chi connectivity index (χ0) is 17.0. The monoisotopic (exact) mass is 340 g/mol. The van der Waals surface area contributed by atoms with Crippen LogP contribution in [-0.4, -0.2) is 32.1 Å². The van der Waals surface area contributed by atoms with Gasteiger partial charge in [-0.25, -0.2) is 17.9 Å². The molecule has 0 heterocycles. The summed E-state index contributed by atoms with van der Waals surface area (Å²) in [6.07, 6.45) is 4.28. The molecule has 2 rings (SSSR count). The summed E-state index contributed by atoms with van der Waals surface area (Å²) in [7, 11) is -3.70. The van der Waals surface area contributed by atoms with Crippen molar-refractivity contribution >= 4 is 21.7 Å². The molecule has 0 spiro atoms.